The molecule has 170 valence electrons. The maximum atomic E-state index is 12.5. The molecule has 4 rings (SSSR count). The molecule has 0 amide bonds. The predicted octanol–water partition coefficient (Wildman–Crippen LogP) is 6.38. The van der Waals surface area contributed by atoms with Gasteiger partial charge in [0, 0.05) is 11.6 Å². The fourth-order valence-electron chi connectivity index (χ4n) is 3.76. The van der Waals surface area contributed by atoms with Gasteiger partial charge in [0.1, 0.15) is 17.2 Å². The van der Waals surface area contributed by atoms with Crippen molar-refractivity contribution in [2.75, 3.05) is 6.61 Å². The third kappa shape index (κ3) is 6.01. The van der Waals surface area contributed by atoms with Crippen molar-refractivity contribution in [2.24, 2.45) is 0 Å². The Bertz CT molecular complexity index is 1100. The van der Waals surface area contributed by atoms with E-state index >= 15 is 0 Å². The molecular weight excluding hydrogens is 416 g/mol. The fraction of sp³-hybridized carbons (Fsp3) is 0.286. The first-order chi connectivity index (χ1) is 16.1. The summed E-state index contributed by atoms with van der Waals surface area (Å²) in [7, 11) is 0. The van der Waals surface area contributed by atoms with Gasteiger partial charge in [-0.3, -0.25) is 4.79 Å². The molecule has 5 nitrogen and oxygen atoms in total. The largest absolute Gasteiger partial charge is 0.494 e. The van der Waals surface area contributed by atoms with Crippen LogP contribution in [-0.2, 0) is 11.2 Å². The SMILES string of the molecule is CCCCCCCOc1ccc(-c2ccc(C(=O)Oc3ccc4c(c3)OC(=O)C4)cc2)cc1. The van der Waals surface area contributed by atoms with E-state index in [1.807, 2.05) is 36.4 Å². The molecule has 5 heteroatoms. The van der Waals surface area contributed by atoms with Gasteiger partial charge in [-0.25, -0.2) is 4.79 Å². The zero-order valence-electron chi connectivity index (χ0n) is 18.8. The lowest BCUT2D eigenvalue weighted by Gasteiger charge is -2.09. The molecule has 0 fully saturated rings. The highest BCUT2D eigenvalue weighted by Crippen LogP contribution is 2.30. The van der Waals surface area contributed by atoms with Crippen molar-refractivity contribution in [3.05, 3.63) is 77.9 Å². The van der Waals surface area contributed by atoms with Gasteiger partial charge >= 0.3 is 11.9 Å². The molecular formula is C28H28O5. The molecule has 3 aromatic carbocycles. The number of fused-ring (bicyclic) bond motifs is 1. The van der Waals surface area contributed by atoms with Crippen molar-refractivity contribution in [1.29, 1.82) is 0 Å². The van der Waals surface area contributed by atoms with Crippen LogP contribution in [0.1, 0.15) is 54.9 Å². The second-order valence-corrected chi connectivity index (χ2v) is 8.17. The summed E-state index contributed by atoms with van der Waals surface area (Å²) in [5.74, 6) is 0.900. The zero-order chi connectivity index (χ0) is 23.0. The van der Waals surface area contributed by atoms with Crippen molar-refractivity contribution in [2.45, 2.75) is 45.4 Å². The van der Waals surface area contributed by atoms with E-state index < -0.39 is 5.97 Å². The topological polar surface area (TPSA) is 61.8 Å². The minimum atomic E-state index is -0.464. The average molecular weight is 445 g/mol. The van der Waals surface area contributed by atoms with Crippen LogP contribution in [0.15, 0.2) is 66.7 Å². The third-order valence-electron chi connectivity index (χ3n) is 5.63. The van der Waals surface area contributed by atoms with E-state index in [4.69, 9.17) is 14.2 Å². The maximum absolute atomic E-state index is 12.5. The van der Waals surface area contributed by atoms with E-state index in [0.29, 0.717) is 17.1 Å². The van der Waals surface area contributed by atoms with Gasteiger partial charge in [0.25, 0.3) is 0 Å². The lowest BCUT2D eigenvalue weighted by molar-refractivity contribution is -0.131. The average Bonchev–Trinajstić information content (AvgIpc) is 3.21. The minimum absolute atomic E-state index is 0.247. The zero-order valence-corrected chi connectivity index (χ0v) is 18.8. The second-order valence-electron chi connectivity index (χ2n) is 8.17. The number of unbranched alkanes of at least 4 members (excludes halogenated alkanes) is 4. The molecule has 3 aromatic rings. The van der Waals surface area contributed by atoms with E-state index in [0.717, 1.165) is 35.5 Å². The molecule has 0 spiro atoms. The minimum Gasteiger partial charge on any atom is -0.494 e. The molecule has 0 N–H and O–H groups in total. The van der Waals surface area contributed by atoms with Crippen molar-refractivity contribution >= 4 is 11.9 Å². The molecule has 0 saturated carbocycles. The predicted molar refractivity (Wildman–Crippen MR) is 127 cm³/mol. The first-order valence-corrected chi connectivity index (χ1v) is 11.5. The van der Waals surface area contributed by atoms with Gasteiger partial charge in [0.05, 0.1) is 18.6 Å². The van der Waals surface area contributed by atoms with Gasteiger partial charge in [-0.05, 0) is 47.9 Å². The van der Waals surface area contributed by atoms with Crippen LogP contribution in [0.25, 0.3) is 11.1 Å². The van der Waals surface area contributed by atoms with Crippen molar-refractivity contribution < 1.29 is 23.8 Å². The monoisotopic (exact) mass is 444 g/mol. The van der Waals surface area contributed by atoms with E-state index in [-0.39, 0.29) is 12.4 Å². The first kappa shape index (κ1) is 22.6. The molecule has 0 bridgehead atoms. The molecule has 0 radical (unpaired) electrons. The third-order valence-corrected chi connectivity index (χ3v) is 5.63. The number of carbonyl (C=O) groups excluding carboxylic acids is 2. The number of ether oxygens (including phenoxy) is 3. The lowest BCUT2D eigenvalue weighted by Crippen LogP contribution is -2.08. The van der Waals surface area contributed by atoms with Crippen LogP contribution in [0.2, 0.25) is 0 Å². The highest BCUT2D eigenvalue weighted by Gasteiger charge is 2.21. The van der Waals surface area contributed by atoms with Gasteiger partial charge in [0.15, 0.2) is 0 Å². The fourth-order valence-corrected chi connectivity index (χ4v) is 3.76. The van der Waals surface area contributed by atoms with Crippen molar-refractivity contribution in [3.63, 3.8) is 0 Å². The van der Waals surface area contributed by atoms with Crippen LogP contribution >= 0.6 is 0 Å². The lowest BCUT2D eigenvalue weighted by atomic mass is 10.0. The Morgan fingerprint density at radius 3 is 2.24 bits per heavy atom. The van der Waals surface area contributed by atoms with E-state index in [9.17, 15) is 9.59 Å². The number of hydrogen-bond donors (Lipinski definition) is 0. The van der Waals surface area contributed by atoms with E-state index in [1.54, 1.807) is 30.3 Å². The summed E-state index contributed by atoms with van der Waals surface area (Å²) >= 11 is 0. The Balaban J connectivity index is 1.31. The number of benzene rings is 3. The molecule has 1 aliphatic rings. The van der Waals surface area contributed by atoms with Crippen LogP contribution in [0.4, 0.5) is 0 Å². The number of rotatable bonds is 10. The molecule has 1 aliphatic heterocycles. The quantitative estimate of drug-likeness (QED) is 0.206. The van der Waals surface area contributed by atoms with Gasteiger partial charge < -0.3 is 14.2 Å². The number of carbonyl (C=O) groups is 2. The molecule has 33 heavy (non-hydrogen) atoms. The Hall–Kier alpha value is -3.60. The van der Waals surface area contributed by atoms with Crippen LogP contribution in [0.5, 0.6) is 17.2 Å². The Morgan fingerprint density at radius 2 is 1.52 bits per heavy atom. The van der Waals surface area contributed by atoms with E-state index in [1.165, 1.54) is 25.7 Å². The van der Waals surface area contributed by atoms with Crippen molar-refractivity contribution in [3.8, 4) is 28.4 Å². The van der Waals surface area contributed by atoms with Crippen molar-refractivity contribution in [1.82, 2.24) is 0 Å². The molecule has 0 aliphatic carbocycles. The van der Waals surface area contributed by atoms with Crippen LogP contribution in [0.3, 0.4) is 0 Å². The Kier molecular flexibility index (Phi) is 7.40. The standard InChI is InChI=1S/C28H28O5/c1-2-3-4-5-6-17-31-24-14-11-21(12-15-24)20-7-9-22(10-8-20)28(30)32-25-16-13-23-18-27(29)33-26(23)19-25/h7-16,19H,2-6,17-18H2,1H3. The molecule has 0 saturated heterocycles. The first-order valence-electron chi connectivity index (χ1n) is 11.5. The Labute approximate surface area is 194 Å². The van der Waals surface area contributed by atoms with Gasteiger partial charge in [-0.1, -0.05) is 62.9 Å². The summed E-state index contributed by atoms with van der Waals surface area (Å²) in [6.07, 6.45) is 6.34. The normalized spacial score (nSPS) is 12.2. The Morgan fingerprint density at radius 1 is 0.848 bits per heavy atom. The van der Waals surface area contributed by atoms with Crippen LogP contribution in [-0.4, -0.2) is 18.5 Å². The molecule has 1 heterocycles. The summed E-state index contributed by atoms with van der Waals surface area (Å²) < 4.78 is 16.4. The van der Waals surface area contributed by atoms with E-state index in [2.05, 4.69) is 6.92 Å². The van der Waals surface area contributed by atoms with Crippen LogP contribution < -0.4 is 14.2 Å². The van der Waals surface area contributed by atoms with Gasteiger partial charge in [-0.15, -0.1) is 0 Å². The summed E-state index contributed by atoms with van der Waals surface area (Å²) in [5.41, 5.74) is 3.29. The maximum Gasteiger partial charge on any atom is 0.343 e. The van der Waals surface area contributed by atoms with Crippen LogP contribution in [0, 0.1) is 0 Å². The molecule has 0 aromatic heterocycles. The highest BCUT2D eigenvalue weighted by atomic mass is 16.5. The summed E-state index contributed by atoms with van der Waals surface area (Å²) in [6, 6.07) is 20.2. The second kappa shape index (κ2) is 10.8. The number of hydrogen-bond acceptors (Lipinski definition) is 5. The summed E-state index contributed by atoms with van der Waals surface area (Å²) in [4.78, 5) is 23.9. The molecule has 0 unspecified atom stereocenters. The number of esters is 2. The smallest absolute Gasteiger partial charge is 0.343 e. The highest BCUT2D eigenvalue weighted by molar-refractivity contribution is 5.92. The summed E-state index contributed by atoms with van der Waals surface area (Å²) in [6.45, 7) is 2.96. The summed E-state index contributed by atoms with van der Waals surface area (Å²) in [5, 5.41) is 0. The molecule has 0 atom stereocenters. The van der Waals surface area contributed by atoms with Gasteiger partial charge in [-0.2, -0.15) is 0 Å². The van der Waals surface area contributed by atoms with Gasteiger partial charge in [0.2, 0.25) is 0 Å².